The maximum absolute atomic E-state index is 12.3. The zero-order chi connectivity index (χ0) is 20.4. The van der Waals surface area contributed by atoms with E-state index in [9.17, 15) is 9.59 Å². The SMILES string of the molecule is CCC(=O)N1CCN(Cc2nc3cc(NC(=O)c4cccs4)ccc3n2C)CC1. The van der Waals surface area contributed by atoms with Crippen LogP contribution in [0.5, 0.6) is 0 Å². The Morgan fingerprint density at radius 2 is 1.97 bits per heavy atom. The fourth-order valence-corrected chi connectivity index (χ4v) is 4.27. The molecule has 1 aromatic carbocycles. The van der Waals surface area contributed by atoms with Crippen LogP contribution in [0.2, 0.25) is 0 Å². The zero-order valence-corrected chi connectivity index (χ0v) is 17.5. The lowest BCUT2D eigenvalue weighted by molar-refractivity contribution is -0.132. The molecule has 8 heteroatoms. The molecule has 0 spiro atoms. The van der Waals surface area contributed by atoms with Gasteiger partial charge in [-0.05, 0) is 29.6 Å². The number of anilines is 1. The van der Waals surface area contributed by atoms with E-state index in [0.717, 1.165) is 55.3 Å². The van der Waals surface area contributed by atoms with Crippen LogP contribution < -0.4 is 5.32 Å². The van der Waals surface area contributed by atoms with Gasteiger partial charge in [0, 0.05) is 45.3 Å². The van der Waals surface area contributed by atoms with Gasteiger partial charge in [0.05, 0.1) is 22.5 Å². The van der Waals surface area contributed by atoms with Crippen LogP contribution in [0, 0.1) is 0 Å². The Labute approximate surface area is 173 Å². The summed E-state index contributed by atoms with van der Waals surface area (Å²) < 4.78 is 2.10. The van der Waals surface area contributed by atoms with Crippen molar-refractivity contribution in [3.63, 3.8) is 0 Å². The minimum atomic E-state index is -0.102. The summed E-state index contributed by atoms with van der Waals surface area (Å²) in [7, 11) is 2.02. The molecule has 29 heavy (non-hydrogen) atoms. The molecule has 1 saturated heterocycles. The van der Waals surface area contributed by atoms with Crippen LogP contribution in [0.1, 0.15) is 28.8 Å². The highest BCUT2D eigenvalue weighted by molar-refractivity contribution is 7.12. The lowest BCUT2D eigenvalue weighted by Crippen LogP contribution is -2.48. The zero-order valence-electron chi connectivity index (χ0n) is 16.7. The van der Waals surface area contributed by atoms with Crippen molar-refractivity contribution < 1.29 is 9.59 Å². The number of imidazole rings is 1. The molecular weight excluding hydrogens is 386 g/mol. The first-order chi connectivity index (χ1) is 14.0. The van der Waals surface area contributed by atoms with Crippen LogP contribution in [-0.2, 0) is 18.4 Å². The minimum Gasteiger partial charge on any atom is -0.340 e. The normalized spacial score (nSPS) is 15.0. The summed E-state index contributed by atoms with van der Waals surface area (Å²) in [6.45, 7) is 5.92. The highest BCUT2D eigenvalue weighted by atomic mass is 32.1. The third-order valence-electron chi connectivity index (χ3n) is 5.37. The van der Waals surface area contributed by atoms with Gasteiger partial charge in [-0.2, -0.15) is 0 Å². The molecule has 1 aliphatic heterocycles. The lowest BCUT2D eigenvalue weighted by Gasteiger charge is -2.34. The van der Waals surface area contributed by atoms with Gasteiger partial charge in [0.25, 0.3) is 5.91 Å². The second-order valence-electron chi connectivity index (χ2n) is 7.23. The standard InChI is InChI=1S/C21H25N5O2S/c1-3-20(27)26-10-8-25(9-11-26)14-19-23-16-13-15(6-7-17(16)24(19)2)22-21(28)18-5-4-12-29-18/h4-7,12-13H,3,8-11,14H2,1-2H3,(H,22,28). The number of fused-ring (bicyclic) bond motifs is 1. The van der Waals surface area contributed by atoms with E-state index < -0.39 is 0 Å². The Kier molecular flexibility index (Phi) is 5.64. The van der Waals surface area contributed by atoms with Gasteiger partial charge < -0.3 is 14.8 Å². The average molecular weight is 412 g/mol. The molecule has 0 atom stereocenters. The summed E-state index contributed by atoms with van der Waals surface area (Å²) >= 11 is 1.42. The Morgan fingerprint density at radius 3 is 2.66 bits per heavy atom. The predicted octanol–water partition coefficient (Wildman–Crippen LogP) is 2.94. The lowest BCUT2D eigenvalue weighted by atomic mass is 10.2. The predicted molar refractivity (Wildman–Crippen MR) is 115 cm³/mol. The number of hydrogen-bond acceptors (Lipinski definition) is 5. The van der Waals surface area contributed by atoms with E-state index >= 15 is 0 Å². The van der Waals surface area contributed by atoms with E-state index in [-0.39, 0.29) is 11.8 Å². The van der Waals surface area contributed by atoms with E-state index in [4.69, 9.17) is 4.98 Å². The number of amides is 2. The van der Waals surface area contributed by atoms with Crippen molar-refractivity contribution in [2.45, 2.75) is 19.9 Å². The number of thiophene rings is 1. The number of hydrogen-bond donors (Lipinski definition) is 1. The summed E-state index contributed by atoms with van der Waals surface area (Å²) in [5.74, 6) is 1.11. The van der Waals surface area contributed by atoms with Crippen molar-refractivity contribution >= 4 is 39.9 Å². The Bertz CT molecular complexity index is 1020. The molecule has 0 bridgehead atoms. The molecule has 1 aliphatic rings. The molecule has 0 aliphatic carbocycles. The van der Waals surface area contributed by atoms with Gasteiger partial charge in [-0.3, -0.25) is 14.5 Å². The highest BCUT2D eigenvalue weighted by Crippen LogP contribution is 2.22. The first-order valence-electron chi connectivity index (χ1n) is 9.85. The Hall–Kier alpha value is -2.71. The molecule has 0 saturated carbocycles. The van der Waals surface area contributed by atoms with Gasteiger partial charge in [-0.15, -0.1) is 11.3 Å². The first kappa shape index (κ1) is 19.6. The Morgan fingerprint density at radius 1 is 1.17 bits per heavy atom. The van der Waals surface area contributed by atoms with Crippen molar-refractivity contribution in [3.8, 4) is 0 Å². The molecule has 4 rings (SSSR count). The molecule has 2 aromatic heterocycles. The van der Waals surface area contributed by atoms with Crippen molar-refractivity contribution in [3.05, 3.63) is 46.4 Å². The smallest absolute Gasteiger partial charge is 0.265 e. The second-order valence-corrected chi connectivity index (χ2v) is 8.18. The highest BCUT2D eigenvalue weighted by Gasteiger charge is 2.21. The van der Waals surface area contributed by atoms with Gasteiger partial charge >= 0.3 is 0 Å². The number of rotatable bonds is 5. The van der Waals surface area contributed by atoms with Crippen molar-refractivity contribution in [2.75, 3.05) is 31.5 Å². The van der Waals surface area contributed by atoms with Crippen molar-refractivity contribution in [1.82, 2.24) is 19.4 Å². The second kappa shape index (κ2) is 8.34. The number of aromatic nitrogens is 2. The van der Waals surface area contributed by atoms with Crippen LogP contribution in [0.15, 0.2) is 35.7 Å². The number of piperazine rings is 1. The van der Waals surface area contributed by atoms with Gasteiger partial charge in [0.1, 0.15) is 5.82 Å². The fraction of sp³-hybridized carbons (Fsp3) is 0.381. The molecule has 2 amide bonds. The quantitative estimate of drug-likeness (QED) is 0.701. The molecular formula is C21H25N5O2S. The molecule has 0 unspecified atom stereocenters. The molecule has 7 nitrogen and oxygen atoms in total. The minimum absolute atomic E-state index is 0.102. The molecule has 1 N–H and O–H groups in total. The third kappa shape index (κ3) is 4.18. The molecule has 0 radical (unpaired) electrons. The van der Waals surface area contributed by atoms with Gasteiger partial charge in [0.15, 0.2) is 0 Å². The van der Waals surface area contributed by atoms with E-state index in [1.165, 1.54) is 11.3 Å². The van der Waals surface area contributed by atoms with E-state index in [1.54, 1.807) is 0 Å². The van der Waals surface area contributed by atoms with Gasteiger partial charge in [-0.1, -0.05) is 13.0 Å². The summed E-state index contributed by atoms with van der Waals surface area (Å²) in [4.78, 5) is 33.9. The van der Waals surface area contributed by atoms with Crippen LogP contribution in [0.25, 0.3) is 11.0 Å². The monoisotopic (exact) mass is 411 g/mol. The molecule has 152 valence electrons. The fourth-order valence-electron chi connectivity index (χ4n) is 3.65. The summed E-state index contributed by atoms with van der Waals surface area (Å²) in [6, 6.07) is 9.50. The van der Waals surface area contributed by atoms with Crippen LogP contribution in [0.3, 0.4) is 0 Å². The number of carbonyl (C=O) groups excluding carboxylic acids is 2. The summed E-state index contributed by atoms with van der Waals surface area (Å²) in [6.07, 6.45) is 0.566. The van der Waals surface area contributed by atoms with E-state index in [0.29, 0.717) is 11.3 Å². The van der Waals surface area contributed by atoms with Crippen LogP contribution in [-0.4, -0.2) is 57.3 Å². The molecule has 3 heterocycles. The maximum Gasteiger partial charge on any atom is 0.265 e. The van der Waals surface area contributed by atoms with E-state index in [2.05, 4.69) is 14.8 Å². The number of aryl methyl sites for hydroxylation is 1. The summed E-state index contributed by atoms with van der Waals surface area (Å²) in [5, 5.41) is 4.83. The third-order valence-corrected chi connectivity index (χ3v) is 6.24. The topological polar surface area (TPSA) is 70.5 Å². The number of benzene rings is 1. The van der Waals surface area contributed by atoms with Gasteiger partial charge in [0.2, 0.25) is 5.91 Å². The largest absolute Gasteiger partial charge is 0.340 e. The average Bonchev–Trinajstić information content (AvgIpc) is 3.37. The first-order valence-corrected chi connectivity index (χ1v) is 10.7. The van der Waals surface area contributed by atoms with Gasteiger partial charge in [-0.25, -0.2) is 4.98 Å². The van der Waals surface area contributed by atoms with Crippen LogP contribution >= 0.6 is 11.3 Å². The molecule has 3 aromatic rings. The Balaban J connectivity index is 1.45. The maximum atomic E-state index is 12.3. The number of carbonyl (C=O) groups is 2. The summed E-state index contributed by atoms with van der Waals surface area (Å²) in [5.41, 5.74) is 2.65. The number of nitrogens with one attached hydrogen (secondary N) is 1. The van der Waals surface area contributed by atoms with Crippen molar-refractivity contribution in [2.24, 2.45) is 7.05 Å². The van der Waals surface area contributed by atoms with Crippen LogP contribution in [0.4, 0.5) is 5.69 Å². The number of nitrogens with zero attached hydrogens (tertiary/aromatic N) is 4. The van der Waals surface area contributed by atoms with Crippen molar-refractivity contribution in [1.29, 1.82) is 0 Å². The molecule has 1 fully saturated rings. The van der Waals surface area contributed by atoms with E-state index in [1.807, 2.05) is 54.6 Å².